The zero-order valence-corrected chi connectivity index (χ0v) is 11.2. The van der Waals surface area contributed by atoms with Gasteiger partial charge in [0.1, 0.15) is 11.3 Å². The molecule has 1 aliphatic heterocycles. The molecular weight excluding hydrogens is 248 g/mol. The van der Waals surface area contributed by atoms with Gasteiger partial charge in [0.2, 0.25) is 0 Å². The van der Waals surface area contributed by atoms with Gasteiger partial charge in [-0.15, -0.1) is 0 Å². The van der Waals surface area contributed by atoms with Gasteiger partial charge in [0, 0.05) is 26.1 Å². The summed E-state index contributed by atoms with van der Waals surface area (Å²) in [6, 6.07) is 0. The number of hydrogen-bond donors (Lipinski definition) is 3. The second kappa shape index (κ2) is 5.18. The summed E-state index contributed by atoms with van der Waals surface area (Å²) in [5.41, 5.74) is 5.38. The summed E-state index contributed by atoms with van der Waals surface area (Å²) in [5, 5.41) is 17.0. The third-order valence-electron chi connectivity index (χ3n) is 3.60. The second-order valence-corrected chi connectivity index (χ2v) is 4.81. The molecule has 1 aliphatic rings. The number of aromatic nitrogens is 2. The maximum absolute atomic E-state index is 12.1. The number of nitrogens with one attached hydrogen (secondary N) is 1. The molecule has 0 aromatic carbocycles. The van der Waals surface area contributed by atoms with E-state index in [4.69, 9.17) is 10.5 Å². The number of rotatable bonds is 4. The number of nitrogens with two attached hydrogens (primary N) is 1. The minimum absolute atomic E-state index is 0.140. The van der Waals surface area contributed by atoms with E-state index in [-0.39, 0.29) is 18.6 Å². The second-order valence-electron chi connectivity index (χ2n) is 4.81. The summed E-state index contributed by atoms with van der Waals surface area (Å²) >= 11 is 0. The highest BCUT2D eigenvalue weighted by Gasteiger charge is 2.39. The lowest BCUT2D eigenvalue weighted by molar-refractivity contribution is -0.0252. The number of carbonyl (C=O) groups excluding carboxylic acids is 1. The van der Waals surface area contributed by atoms with Crippen molar-refractivity contribution in [3.05, 3.63) is 11.9 Å². The molecule has 4 N–H and O–H groups in total. The molecule has 0 radical (unpaired) electrons. The minimum atomic E-state index is -1.01. The molecule has 7 nitrogen and oxygen atoms in total. The van der Waals surface area contributed by atoms with Crippen LogP contribution in [0.5, 0.6) is 0 Å². The molecule has 1 amide bonds. The number of amides is 1. The van der Waals surface area contributed by atoms with Gasteiger partial charge in [-0.3, -0.25) is 9.48 Å². The van der Waals surface area contributed by atoms with Crippen LogP contribution in [0.1, 0.15) is 30.8 Å². The van der Waals surface area contributed by atoms with Crippen molar-refractivity contribution in [3.8, 4) is 0 Å². The quantitative estimate of drug-likeness (QED) is 0.699. The number of aliphatic hydroxyl groups is 1. The lowest BCUT2D eigenvalue weighted by atomic mass is 9.97. The first-order valence-corrected chi connectivity index (χ1v) is 6.41. The van der Waals surface area contributed by atoms with Gasteiger partial charge in [-0.25, -0.2) is 0 Å². The van der Waals surface area contributed by atoms with Gasteiger partial charge in [0.15, 0.2) is 0 Å². The van der Waals surface area contributed by atoms with E-state index in [1.807, 2.05) is 6.92 Å². The fourth-order valence-corrected chi connectivity index (χ4v) is 2.21. The first-order chi connectivity index (χ1) is 8.98. The molecule has 19 heavy (non-hydrogen) atoms. The summed E-state index contributed by atoms with van der Waals surface area (Å²) in [6.45, 7) is 4.88. The Labute approximate surface area is 111 Å². The Morgan fingerprint density at radius 2 is 2.53 bits per heavy atom. The van der Waals surface area contributed by atoms with Crippen molar-refractivity contribution in [3.63, 3.8) is 0 Å². The van der Waals surface area contributed by atoms with E-state index in [1.54, 1.807) is 6.92 Å². The lowest BCUT2D eigenvalue weighted by Crippen LogP contribution is -2.47. The number of nitrogens with zero attached hydrogens (tertiary/aromatic N) is 2. The van der Waals surface area contributed by atoms with Crippen LogP contribution >= 0.6 is 0 Å². The summed E-state index contributed by atoms with van der Waals surface area (Å²) in [4.78, 5) is 12.1. The Bertz CT molecular complexity index is 474. The topological polar surface area (TPSA) is 102 Å². The molecule has 1 saturated heterocycles. The Kier molecular flexibility index (Phi) is 3.77. The van der Waals surface area contributed by atoms with Crippen LogP contribution in [0.2, 0.25) is 0 Å². The van der Waals surface area contributed by atoms with Crippen molar-refractivity contribution < 1.29 is 14.6 Å². The predicted molar refractivity (Wildman–Crippen MR) is 69.6 cm³/mol. The Morgan fingerprint density at radius 3 is 3.11 bits per heavy atom. The van der Waals surface area contributed by atoms with Gasteiger partial charge in [0.05, 0.1) is 18.0 Å². The maximum Gasteiger partial charge on any atom is 0.271 e. The van der Waals surface area contributed by atoms with E-state index in [2.05, 4.69) is 10.4 Å². The standard InChI is InChI=1S/C12H20N4O3/c1-3-16-10(9(13)6-15-16)11(17)14-7-12(18)4-5-19-8(12)2/h6,8,18H,3-5,7,13H2,1-2H3,(H,14,17). The Hall–Kier alpha value is -1.60. The molecule has 7 heteroatoms. The number of ether oxygens (including phenoxy) is 1. The summed E-state index contributed by atoms with van der Waals surface area (Å²) in [7, 11) is 0. The van der Waals surface area contributed by atoms with E-state index >= 15 is 0 Å². The Balaban J connectivity index is 2.03. The Morgan fingerprint density at radius 1 is 1.79 bits per heavy atom. The highest BCUT2D eigenvalue weighted by Crippen LogP contribution is 2.24. The van der Waals surface area contributed by atoms with Gasteiger partial charge in [0.25, 0.3) is 5.91 Å². The molecule has 1 aromatic heterocycles. The van der Waals surface area contributed by atoms with Gasteiger partial charge in [-0.2, -0.15) is 5.10 Å². The number of anilines is 1. The smallest absolute Gasteiger partial charge is 0.271 e. The van der Waals surface area contributed by atoms with Gasteiger partial charge in [-0.1, -0.05) is 0 Å². The van der Waals surface area contributed by atoms with E-state index in [9.17, 15) is 9.90 Å². The van der Waals surface area contributed by atoms with Crippen LogP contribution in [-0.4, -0.2) is 45.7 Å². The van der Waals surface area contributed by atoms with E-state index in [0.717, 1.165) is 0 Å². The number of hydrogen-bond acceptors (Lipinski definition) is 5. The number of nitrogen functional groups attached to an aromatic ring is 1. The average Bonchev–Trinajstić information content (AvgIpc) is 2.91. The van der Waals surface area contributed by atoms with Crippen LogP contribution < -0.4 is 11.1 Å². The normalized spacial score (nSPS) is 26.6. The molecule has 0 spiro atoms. The maximum atomic E-state index is 12.1. The first kappa shape index (κ1) is 13.8. The first-order valence-electron chi connectivity index (χ1n) is 6.41. The summed E-state index contributed by atoms with van der Waals surface area (Å²) in [5.74, 6) is -0.329. The third-order valence-corrected chi connectivity index (χ3v) is 3.60. The predicted octanol–water partition coefficient (Wildman–Crippen LogP) is -0.245. The minimum Gasteiger partial charge on any atom is -0.396 e. The van der Waals surface area contributed by atoms with Crippen LogP contribution in [0.3, 0.4) is 0 Å². The van der Waals surface area contributed by atoms with Crippen molar-refractivity contribution in [2.24, 2.45) is 0 Å². The number of aryl methyl sites for hydroxylation is 1. The van der Waals surface area contributed by atoms with Crippen LogP contribution in [0, 0.1) is 0 Å². The van der Waals surface area contributed by atoms with Crippen molar-refractivity contribution in [2.75, 3.05) is 18.9 Å². The molecule has 2 atom stereocenters. The van der Waals surface area contributed by atoms with Crippen LogP contribution in [0.4, 0.5) is 5.69 Å². The van der Waals surface area contributed by atoms with Crippen molar-refractivity contribution in [2.45, 2.75) is 38.5 Å². The molecule has 0 aliphatic carbocycles. The van der Waals surface area contributed by atoms with Gasteiger partial charge in [-0.05, 0) is 13.8 Å². The van der Waals surface area contributed by atoms with E-state index < -0.39 is 5.60 Å². The zero-order chi connectivity index (χ0) is 14.0. The van der Waals surface area contributed by atoms with Crippen LogP contribution in [0.15, 0.2) is 6.20 Å². The molecule has 106 valence electrons. The highest BCUT2D eigenvalue weighted by atomic mass is 16.5. The molecule has 2 heterocycles. The van der Waals surface area contributed by atoms with Gasteiger partial charge >= 0.3 is 0 Å². The molecule has 2 unspecified atom stereocenters. The van der Waals surface area contributed by atoms with Crippen LogP contribution in [0.25, 0.3) is 0 Å². The molecule has 2 rings (SSSR count). The molecule has 0 bridgehead atoms. The summed E-state index contributed by atoms with van der Waals surface area (Å²) in [6.07, 6.45) is 1.67. The van der Waals surface area contributed by atoms with Crippen LogP contribution in [-0.2, 0) is 11.3 Å². The molecule has 1 aromatic rings. The van der Waals surface area contributed by atoms with E-state index in [0.29, 0.717) is 31.0 Å². The van der Waals surface area contributed by atoms with Crippen molar-refractivity contribution in [1.82, 2.24) is 15.1 Å². The monoisotopic (exact) mass is 268 g/mol. The number of carbonyl (C=O) groups is 1. The van der Waals surface area contributed by atoms with Crippen molar-refractivity contribution in [1.29, 1.82) is 0 Å². The SMILES string of the molecule is CCn1ncc(N)c1C(=O)NCC1(O)CCOC1C. The fourth-order valence-electron chi connectivity index (χ4n) is 2.21. The zero-order valence-electron chi connectivity index (χ0n) is 11.2. The largest absolute Gasteiger partial charge is 0.396 e. The fraction of sp³-hybridized carbons (Fsp3) is 0.667. The lowest BCUT2D eigenvalue weighted by Gasteiger charge is -2.26. The average molecular weight is 268 g/mol. The van der Waals surface area contributed by atoms with E-state index in [1.165, 1.54) is 10.9 Å². The molecular formula is C12H20N4O3. The summed E-state index contributed by atoms with van der Waals surface area (Å²) < 4.78 is 6.85. The highest BCUT2D eigenvalue weighted by molar-refractivity contribution is 5.97. The van der Waals surface area contributed by atoms with Gasteiger partial charge < -0.3 is 20.9 Å². The molecule has 1 fully saturated rings. The van der Waals surface area contributed by atoms with Crippen molar-refractivity contribution >= 4 is 11.6 Å². The molecule has 0 saturated carbocycles. The third kappa shape index (κ3) is 2.57.